The number of carboxylic acids is 2. The van der Waals surface area contributed by atoms with E-state index in [-0.39, 0.29) is 33.6 Å². The molecule has 3 aromatic carbocycles. The summed E-state index contributed by atoms with van der Waals surface area (Å²) in [7, 11) is 0. The number of rotatable bonds is 8. The molecule has 0 atom stereocenters. The van der Waals surface area contributed by atoms with E-state index >= 15 is 0 Å². The van der Waals surface area contributed by atoms with Gasteiger partial charge >= 0.3 is 11.9 Å². The molecule has 0 radical (unpaired) electrons. The van der Waals surface area contributed by atoms with Crippen molar-refractivity contribution < 1.29 is 29.4 Å². The van der Waals surface area contributed by atoms with E-state index in [9.17, 15) is 29.4 Å². The topological polar surface area (TPSA) is 185 Å². The molecule has 10 nitrogen and oxygen atoms in total. The van der Waals surface area contributed by atoms with E-state index in [4.69, 9.17) is 11.5 Å². The van der Waals surface area contributed by atoms with Crippen molar-refractivity contribution in [3.8, 4) is 0 Å². The summed E-state index contributed by atoms with van der Waals surface area (Å²) >= 11 is 0. The number of nitrogens with one attached hydrogen (secondary N) is 2. The predicted octanol–water partition coefficient (Wildman–Crippen LogP) is 2.77. The van der Waals surface area contributed by atoms with Gasteiger partial charge in [-0.3, -0.25) is 9.59 Å². The summed E-state index contributed by atoms with van der Waals surface area (Å²) in [6, 6.07) is 14.3. The van der Waals surface area contributed by atoms with E-state index in [0.29, 0.717) is 11.4 Å². The van der Waals surface area contributed by atoms with Gasteiger partial charge in [0.15, 0.2) is 0 Å². The number of aromatic carboxylic acids is 2. The molecule has 8 N–H and O–H groups in total. The number of benzene rings is 3. The number of carboxylic acid groups (broad SMARTS) is 2. The quantitative estimate of drug-likeness (QED) is 0.312. The molecule has 0 bridgehead atoms. The number of anilines is 4. The Kier molecular flexibility index (Phi) is 6.06. The fourth-order valence-electron chi connectivity index (χ4n) is 2.97. The van der Waals surface area contributed by atoms with E-state index < -0.39 is 23.8 Å². The predicted molar refractivity (Wildman–Crippen MR) is 117 cm³/mol. The van der Waals surface area contributed by atoms with Crippen LogP contribution in [0.4, 0.5) is 22.7 Å². The summed E-state index contributed by atoms with van der Waals surface area (Å²) in [5, 5.41) is 25.0. The van der Waals surface area contributed by atoms with Crippen LogP contribution in [0, 0.1) is 0 Å². The third-order valence-electron chi connectivity index (χ3n) is 4.47. The second-order valence-electron chi connectivity index (χ2n) is 6.69. The summed E-state index contributed by atoms with van der Waals surface area (Å²) < 4.78 is 0. The van der Waals surface area contributed by atoms with Crippen molar-refractivity contribution in [1.82, 2.24) is 0 Å². The molecule has 32 heavy (non-hydrogen) atoms. The Morgan fingerprint density at radius 3 is 1.31 bits per heavy atom. The molecule has 0 fully saturated rings. The molecule has 0 heterocycles. The van der Waals surface area contributed by atoms with Crippen molar-refractivity contribution in [2.45, 2.75) is 0 Å². The number of carbonyl (C=O) groups excluding carboxylic acids is 2. The van der Waals surface area contributed by atoms with Gasteiger partial charge in [-0.25, -0.2) is 9.59 Å². The van der Waals surface area contributed by atoms with Crippen LogP contribution in [0.25, 0.3) is 0 Å². The molecule has 0 unspecified atom stereocenters. The summed E-state index contributed by atoms with van der Waals surface area (Å²) in [4.78, 5) is 46.5. The third kappa shape index (κ3) is 4.82. The van der Waals surface area contributed by atoms with Crippen LogP contribution in [-0.4, -0.2) is 34.0 Å². The summed E-state index contributed by atoms with van der Waals surface area (Å²) in [6.45, 7) is 0. The molecule has 2 amide bonds. The summed E-state index contributed by atoms with van der Waals surface area (Å²) in [6.07, 6.45) is 0. The van der Waals surface area contributed by atoms with Crippen molar-refractivity contribution in [2.75, 3.05) is 10.6 Å². The lowest BCUT2D eigenvalue weighted by molar-refractivity contribution is 0.0683. The average Bonchev–Trinajstić information content (AvgIpc) is 2.74. The minimum absolute atomic E-state index is 0.00652. The van der Waals surface area contributed by atoms with Crippen LogP contribution in [0.15, 0.2) is 60.7 Å². The van der Waals surface area contributed by atoms with Crippen molar-refractivity contribution in [3.05, 3.63) is 82.9 Å². The van der Waals surface area contributed by atoms with Crippen molar-refractivity contribution in [3.63, 3.8) is 0 Å². The van der Waals surface area contributed by atoms with Crippen molar-refractivity contribution in [1.29, 1.82) is 0 Å². The van der Waals surface area contributed by atoms with Gasteiger partial charge in [0, 0.05) is 22.5 Å². The van der Waals surface area contributed by atoms with Gasteiger partial charge in [-0.2, -0.15) is 0 Å². The minimum atomic E-state index is -1.32. The van der Waals surface area contributed by atoms with Crippen molar-refractivity contribution >= 4 is 46.5 Å². The first-order chi connectivity index (χ1) is 15.2. The minimum Gasteiger partial charge on any atom is -0.478 e. The molecular weight excluding hydrogens is 416 g/mol. The Morgan fingerprint density at radius 2 is 1.00 bits per heavy atom. The highest BCUT2D eigenvalue weighted by Crippen LogP contribution is 2.31. The van der Waals surface area contributed by atoms with Gasteiger partial charge in [0.2, 0.25) is 11.8 Å². The molecule has 0 aromatic heterocycles. The second kappa shape index (κ2) is 8.88. The van der Waals surface area contributed by atoms with E-state index in [2.05, 4.69) is 10.6 Å². The standard InChI is InChI=1S/C22H18N4O6/c23-19(27)11-3-1-5-13(7-11)25-17-9-16(22(31)32)18(10-15(17)21(29)30)26-14-6-2-4-12(8-14)20(24)28/h1-10,25-26H,(H2,23,27)(H2,24,28)(H,29,30)(H,31,32). The lowest BCUT2D eigenvalue weighted by atomic mass is 10.0. The molecule has 0 aliphatic rings. The largest absolute Gasteiger partial charge is 0.478 e. The Morgan fingerprint density at radius 1 is 0.625 bits per heavy atom. The monoisotopic (exact) mass is 434 g/mol. The smallest absolute Gasteiger partial charge is 0.337 e. The maximum atomic E-state index is 11.9. The first kappa shape index (κ1) is 21.8. The zero-order valence-corrected chi connectivity index (χ0v) is 16.5. The summed E-state index contributed by atoms with van der Waals surface area (Å²) in [5.41, 5.74) is 11.1. The highest BCUT2D eigenvalue weighted by atomic mass is 16.4. The van der Waals surface area contributed by atoms with E-state index in [0.717, 1.165) is 12.1 Å². The fourth-order valence-corrected chi connectivity index (χ4v) is 2.97. The molecular formula is C22H18N4O6. The maximum absolute atomic E-state index is 11.9. The molecule has 0 aliphatic heterocycles. The molecule has 10 heteroatoms. The van der Waals surface area contributed by atoms with E-state index in [1.165, 1.54) is 24.3 Å². The van der Waals surface area contributed by atoms with E-state index in [1.54, 1.807) is 24.3 Å². The zero-order chi connectivity index (χ0) is 23.4. The second-order valence-corrected chi connectivity index (χ2v) is 6.69. The first-order valence-corrected chi connectivity index (χ1v) is 9.14. The van der Waals surface area contributed by atoms with E-state index in [1.807, 2.05) is 0 Å². The molecule has 3 aromatic rings. The van der Waals surface area contributed by atoms with Gasteiger partial charge in [-0.15, -0.1) is 0 Å². The van der Waals surface area contributed by atoms with Gasteiger partial charge in [0.1, 0.15) is 0 Å². The number of hydrogen-bond acceptors (Lipinski definition) is 6. The number of amides is 2. The van der Waals surface area contributed by atoms with Crippen LogP contribution in [0.3, 0.4) is 0 Å². The average molecular weight is 434 g/mol. The Balaban J connectivity index is 2.06. The van der Waals surface area contributed by atoms with Crippen LogP contribution in [0.2, 0.25) is 0 Å². The highest BCUT2D eigenvalue weighted by Gasteiger charge is 2.20. The third-order valence-corrected chi connectivity index (χ3v) is 4.47. The fraction of sp³-hybridized carbons (Fsp3) is 0. The van der Waals surface area contributed by atoms with Crippen LogP contribution in [0.5, 0.6) is 0 Å². The Hall–Kier alpha value is -4.86. The van der Waals surface area contributed by atoms with Gasteiger partial charge in [0.25, 0.3) is 0 Å². The Bertz CT molecular complexity index is 1160. The van der Waals surface area contributed by atoms with Crippen LogP contribution in [-0.2, 0) is 0 Å². The lowest BCUT2D eigenvalue weighted by Gasteiger charge is -2.16. The molecule has 3 rings (SSSR count). The molecule has 0 aliphatic carbocycles. The number of nitrogens with two attached hydrogens (primary N) is 2. The van der Waals surface area contributed by atoms with Crippen molar-refractivity contribution in [2.24, 2.45) is 11.5 Å². The van der Waals surface area contributed by atoms with Gasteiger partial charge in [-0.05, 0) is 48.5 Å². The SMILES string of the molecule is NC(=O)c1cccc(Nc2cc(C(=O)O)c(Nc3cccc(C(N)=O)c3)cc2C(=O)O)c1. The van der Waals surface area contributed by atoms with Crippen LogP contribution < -0.4 is 22.1 Å². The number of hydrogen-bond donors (Lipinski definition) is 6. The van der Waals surface area contributed by atoms with Gasteiger partial charge in [0.05, 0.1) is 22.5 Å². The summed E-state index contributed by atoms with van der Waals surface area (Å²) in [5.74, 6) is -3.97. The molecule has 0 spiro atoms. The van der Waals surface area contributed by atoms with Crippen LogP contribution >= 0.6 is 0 Å². The van der Waals surface area contributed by atoms with Gasteiger partial charge in [-0.1, -0.05) is 12.1 Å². The van der Waals surface area contributed by atoms with Crippen LogP contribution in [0.1, 0.15) is 41.4 Å². The maximum Gasteiger partial charge on any atom is 0.337 e. The number of carbonyl (C=O) groups is 4. The molecule has 162 valence electrons. The molecule has 0 saturated heterocycles. The zero-order valence-electron chi connectivity index (χ0n) is 16.5. The van der Waals surface area contributed by atoms with Gasteiger partial charge < -0.3 is 32.3 Å². The number of primary amides is 2. The lowest BCUT2D eigenvalue weighted by Crippen LogP contribution is -2.12. The Labute approximate surface area is 181 Å². The first-order valence-electron chi connectivity index (χ1n) is 9.14. The molecule has 0 saturated carbocycles. The normalized spacial score (nSPS) is 10.2. The highest BCUT2D eigenvalue weighted by molar-refractivity contribution is 6.03.